The molecule has 32 heavy (non-hydrogen) atoms. The van der Waals surface area contributed by atoms with Gasteiger partial charge < -0.3 is 31.0 Å². The normalized spacial score (nSPS) is 10.8. The molecule has 0 aliphatic rings. The van der Waals surface area contributed by atoms with Gasteiger partial charge in [-0.3, -0.25) is 14.4 Å². The Bertz CT molecular complexity index is 651. The number of hydrogen-bond donors (Lipinski definition) is 3. The molecule has 3 amide bonds. The molecule has 9 nitrogen and oxygen atoms in total. The van der Waals surface area contributed by atoms with E-state index in [1.54, 1.807) is 12.1 Å². The van der Waals surface area contributed by atoms with Crippen LogP contribution in [0.2, 0.25) is 0 Å². The molecule has 1 aromatic heterocycles. The smallest absolute Gasteiger partial charge is 0.243 e. The topological polar surface area (TPSA) is 135 Å². The predicted octanol–water partition coefficient (Wildman–Crippen LogP) is 1.61. The Morgan fingerprint density at radius 3 is 2.38 bits per heavy atom. The van der Waals surface area contributed by atoms with Gasteiger partial charge >= 0.3 is 0 Å². The maximum absolute atomic E-state index is 12.9. The molecule has 5 N–H and O–H groups in total. The van der Waals surface area contributed by atoms with Crippen molar-refractivity contribution in [1.82, 2.24) is 15.1 Å². The lowest BCUT2D eigenvalue weighted by Crippen LogP contribution is -2.47. The molecule has 1 aromatic rings. The van der Waals surface area contributed by atoms with E-state index >= 15 is 0 Å². The third kappa shape index (κ3) is 12.5. The van der Waals surface area contributed by atoms with Gasteiger partial charge in [-0.15, -0.1) is 0 Å². The summed E-state index contributed by atoms with van der Waals surface area (Å²) in [4.78, 5) is 39.9. The first-order valence-corrected chi connectivity index (χ1v) is 11.7. The van der Waals surface area contributed by atoms with E-state index in [0.29, 0.717) is 25.3 Å². The molecule has 1 heterocycles. The molecular weight excluding hydrogens is 410 g/mol. The standard InChI is InChI=1S/C23H41N5O4/c1-2-3-4-5-6-8-13-26-16-22(30)27(14-9-7-12-24)19-23(31)28(18-21(25)29)17-20-11-10-15-32-20/h10-11,15,26H,2-9,12-14,16-19,24H2,1H3,(H2,25,29). The molecule has 182 valence electrons. The summed E-state index contributed by atoms with van der Waals surface area (Å²) < 4.78 is 5.28. The molecule has 0 saturated carbocycles. The number of amides is 3. The SMILES string of the molecule is CCCCCCCCNCC(=O)N(CCCCN)CC(=O)N(CC(N)=O)Cc1ccco1. The van der Waals surface area contributed by atoms with Crippen molar-refractivity contribution in [3.63, 3.8) is 0 Å². The summed E-state index contributed by atoms with van der Waals surface area (Å²) >= 11 is 0. The number of primary amides is 1. The highest BCUT2D eigenvalue weighted by Crippen LogP contribution is 2.07. The van der Waals surface area contributed by atoms with Crippen molar-refractivity contribution in [2.45, 2.75) is 64.8 Å². The fraction of sp³-hybridized carbons (Fsp3) is 0.696. The van der Waals surface area contributed by atoms with Crippen LogP contribution in [-0.2, 0) is 20.9 Å². The number of rotatable bonds is 19. The highest BCUT2D eigenvalue weighted by Gasteiger charge is 2.23. The first-order valence-electron chi connectivity index (χ1n) is 11.7. The van der Waals surface area contributed by atoms with Crippen molar-refractivity contribution in [1.29, 1.82) is 0 Å². The molecule has 0 saturated heterocycles. The molecule has 0 radical (unpaired) electrons. The third-order valence-electron chi connectivity index (χ3n) is 5.17. The van der Waals surface area contributed by atoms with Gasteiger partial charge in [0.15, 0.2) is 0 Å². The Morgan fingerprint density at radius 2 is 1.72 bits per heavy atom. The molecule has 1 rings (SSSR count). The Morgan fingerprint density at radius 1 is 0.969 bits per heavy atom. The Labute approximate surface area is 191 Å². The zero-order chi connectivity index (χ0) is 23.6. The summed E-state index contributed by atoms with van der Waals surface area (Å²) in [6.07, 6.45) is 10.1. The van der Waals surface area contributed by atoms with E-state index in [2.05, 4.69) is 12.2 Å². The van der Waals surface area contributed by atoms with Crippen LogP contribution in [-0.4, -0.2) is 66.8 Å². The summed E-state index contributed by atoms with van der Waals surface area (Å²) in [7, 11) is 0. The molecule has 0 atom stereocenters. The van der Waals surface area contributed by atoms with E-state index in [-0.39, 0.29) is 38.0 Å². The first kappa shape index (κ1) is 27.6. The van der Waals surface area contributed by atoms with Crippen LogP contribution in [0.3, 0.4) is 0 Å². The fourth-order valence-corrected chi connectivity index (χ4v) is 3.35. The lowest BCUT2D eigenvalue weighted by atomic mass is 10.1. The van der Waals surface area contributed by atoms with E-state index < -0.39 is 5.91 Å². The van der Waals surface area contributed by atoms with Crippen molar-refractivity contribution in [3.05, 3.63) is 24.2 Å². The van der Waals surface area contributed by atoms with E-state index in [4.69, 9.17) is 15.9 Å². The summed E-state index contributed by atoms with van der Waals surface area (Å²) in [6.45, 7) is 3.88. The zero-order valence-electron chi connectivity index (χ0n) is 19.5. The first-order chi connectivity index (χ1) is 15.5. The number of furan rings is 1. The minimum Gasteiger partial charge on any atom is -0.467 e. The summed E-state index contributed by atoms with van der Waals surface area (Å²) in [5, 5.41) is 3.19. The molecule has 0 fully saturated rings. The van der Waals surface area contributed by atoms with Crippen LogP contribution in [0, 0.1) is 0 Å². The average Bonchev–Trinajstić information content (AvgIpc) is 3.27. The van der Waals surface area contributed by atoms with Gasteiger partial charge in [0.1, 0.15) is 5.76 Å². The summed E-state index contributed by atoms with van der Waals surface area (Å²) in [5.74, 6) is -0.566. The van der Waals surface area contributed by atoms with Crippen LogP contribution >= 0.6 is 0 Å². The Balaban J connectivity index is 2.57. The van der Waals surface area contributed by atoms with Crippen molar-refractivity contribution in [2.24, 2.45) is 11.5 Å². The van der Waals surface area contributed by atoms with Gasteiger partial charge in [0.2, 0.25) is 17.7 Å². The minimum atomic E-state index is -0.619. The van der Waals surface area contributed by atoms with Gasteiger partial charge in [0.05, 0.1) is 32.4 Å². The van der Waals surface area contributed by atoms with E-state index in [1.807, 2.05) is 0 Å². The molecular formula is C23H41N5O4. The fourth-order valence-electron chi connectivity index (χ4n) is 3.35. The van der Waals surface area contributed by atoms with Crippen LogP contribution in [0.25, 0.3) is 0 Å². The van der Waals surface area contributed by atoms with Crippen molar-refractivity contribution in [2.75, 3.05) is 39.3 Å². The van der Waals surface area contributed by atoms with Gasteiger partial charge in [-0.25, -0.2) is 0 Å². The number of carbonyl (C=O) groups is 3. The third-order valence-corrected chi connectivity index (χ3v) is 5.17. The van der Waals surface area contributed by atoms with Crippen molar-refractivity contribution < 1.29 is 18.8 Å². The summed E-state index contributed by atoms with van der Waals surface area (Å²) in [5.41, 5.74) is 10.9. The minimum absolute atomic E-state index is 0.115. The number of nitrogens with one attached hydrogen (secondary N) is 1. The second-order valence-electron chi connectivity index (χ2n) is 8.05. The van der Waals surface area contributed by atoms with Crippen LogP contribution in [0.1, 0.15) is 64.1 Å². The predicted molar refractivity (Wildman–Crippen MR) is 124 cm³/mol. The monoisotopic (exact) mass is 451 g/mol. The molecule has 0 aromatic carbocycles. The molecule has 0 aliphatic heterocycles. The van der Waals surface area contributed by atoms with Crippen LogP contribution in [0.4, 0.5) is 0 Å². The van der Waals surface area contributed by atoms with Gasteiger partial charge in [0, 0.05) is 6.54 Å². The van der Waals surface area contributed by atoms with E-state index in [1.165, 1.54) is 41.7 Å². The van der Waals surface area contributed by atoms with Gasteiger partial charge in [-0.05, 0) is 44.5 Å². The van der Waals surface area contributed by atoms with Crippen molar-refractivity contribution >= 4 is 17.7 Å². The molecule has 9 heteroatoms. The maximum Gasteiger partial charge on any atom is 0.243 e. The number of nitrogens with zero attached hydrogens (tertiary/aromatic N) is 2. The Kier molecular flexibility index (Phi) is 14.9. The number of unbranched alkanes of at least 4 members (excludes halogenated alkanes) is 6. The van der Waals surface area contributed by atoms with E-state index in [0.717, 1.165) is 25.8 Å². The highest BCUT2D eigenvalue weighted by molar-refractivity contribution is 5.88. The lowest BCUT2D eigenvalue weighted by Gasteiger charge is -2.27. The highest BCUT2D eigenvalue weighted by atomic mass is 16.3. The van der Waals surface area contributed by atoms with Crippen LogP contribution in [0.15, 0.2) is 22.8 Å². The Hall–Kier alpha value is -2.39. The second kappa shape index (κ2) is 17.2. The molecule has 0 bridgehead atoms. The quantitative estimate of drug-likeness (QED) is 0.274. The molecule has 0 aliphatic carbocycles. The van der Waals surface area contributed by atoms with Crippen molar-refractivity contribution in [3.8, 4) is 0 Å². The van der Waals surface area contributed by atoms with Gasteiger partial charge in [-0.1, -0.05) is 39.0 Å². The number of nitrogens with two attached hydrogens (primary N) is 2. The van der Waals surface area contributed by atoms with Crippen LogP contribution < -0.4 is 16.8 Å². The second-order valence-corrected chi connectivity index (χ2v) is 8.05. The molecule has 0 unspecified atom stereocenters. The molecule has 0 spiro atoms. The van der Waals surface area contributed by atoms with Gasteiger partial charge in [-0.2, -0.15) is 0 Å². The average molecular weight is 452 g/mol. The van der Waals surface area contributed by atoms with Gasteiger partial charge in [0.25, 0.3) is 0 Å². The zero-order valence-corrected chi connectivity index (χ0v) is 19.5. The lowest BCUT2D eigenvalue weighted by molar-refractivity contribution is -0.142. The van der Waals surface area contributed by atoms with E-state index in [9.17, 15) is 14.4 Å². The van der Waals surface area contributed by atoms with Crippen LogP contribution in [0.5, 0.6) is 0 Å². The maximum atomic E-state index is 12.9. The summed E-state index contributed by atoms with van der Waals surface area (Å²) in [6, 6.07) is 3.43. The number of carbonyl (C=O) groups excluding carboxylic acids is 3. The largest absolute Gasteiger partial charge is 0.467 e. The number of hydrogen-bond acceptors (Lipinski definition) is 6.